The van der Waals surface area contributed by atoms with E-state index in [1.807, 2.05) is 67.5 Å². The minimum Gasteiger partial charge on any atom is -0.444 e. The van der Waals surface area contributed by atoms with Crippen LogP contribution in [-0.4, -0.2) is 34.9 Å². The molecule has 0 bridgehead atoms. The first-order valence-corrected chi connectivity index (χ1v) is 9.29. The molecule has 26 heavy (non-hydrogen) atoms. The fourth-order valence-corrected chi connectivity index (χ4v) is 3.41. The normalized spacial score (nSPS) is 23.9. The lowest BCUT2D eigenvalue weighted by molar-refractivity contribution is 0.00578. The van der Waals surface area contributed by atoms with Crippen LogP contribution in [0.15, 0.2) is 18.2 Å². The first-order valence-electron chi connectivity index (χ1n) is 9.29. The molecule has 2 aliphatic heterocycles. The van der Waals surface area contributed by atoms with Gasteiger partial charge < -0.3 is 14.0 Å². The van der Waals surface area contributed by atoms with Crippen LogP contribution >= 0.6 is 0 Å². The van der Waals surface area contributed by atoms with Gasteiger partial charge in [0.15, 0.2) is 0 Å². The van der Waals surface area contributed by atoms with Gasteiger partial charge in [0.1, 0.15) is 5.60 Å². The average Bonchev–Trinajstić information content (AvgIpc) is 2.91. The van der Waals surface area contributed by atoms with E-state index < -0.39 is 23.9 Å². The van der Waals surface area contributed by atoms with E-state index in [0.29, 0.717) is 6.54 Å². The van der Waals surface area contributed by atoms with Crippen molar-refractivity contribution in [2.45, 2.75) is 84.8 Å². The van der Waals surface area contributed by atoms with Crippen LogP contribution in [0.3, 0.4) is 0 Å². The van der Waals surface area contributed by atoms with Crippen molar-refractivity contribution in [2.75, 3.05) is 0 Å². The maximum absolute atomic E-state index is 12.6. The summed E-state index contributed by atoms with van der Waals surface area (Å²) in [7, 11) is -0.430. The number of carbonyl (C=O) groups is 1. The van der Waals surface area contributed by atoms with Gasteiger partial charge in [0.25, 0.3) is 0 Å². The molecule has 1 saturated heterocycles. The topological polar surface area (TPSA) is 48.0 Å². The van der Waals surface area contributed by atoms with E-state index in [-0.39, 0.29) is 12.1 Å². The second-order valence-electron chi connectivity index (χ2n) is 9.29. The highest BCUT2D eigenvalue weighted by molar-refractivity contribution is 6.62. The number of fused-ring (bicyclic) bond motifs is 1. The first-order chi connectivity index (χ1) is 11.8. The Hall–Kier alpha value is -1.53. The lowest BCUT2D eigenvalue weighted by atomic mass is 9.75. The van der Waals surface area contributed by atoms with Gasteiger partial charge in [0, 0.05) is 6.54 Å². The molecule has 2 aliphatic rings. The molecule has 1 fully saturated rings. The molecule has 2 heterocycles. The van der Waals surface area contributed by atoms with Crippen LogP contribution in [0.5, 0.6) is 0 Å². The summed E-state index contributed by atoms with van der Waals surface area (Å²) in [4.78, 5) is 14.4. The summed E-state index contributed by atoms with van der Waals surface area (Å²) < 4.78 is 18.0. The van der Waals surface area contributed by atoms with Gasteiger partial charge in [-0.2, -0.15) is 0 Å². The number of nitrogens with zero attached hydrogens (tertiary/aromatic N) is 1. The van der Waals surface area contributed by atoms with E-state index in [0.717, 1.165) is 16.6 Å². The van der Waals surface area contributed by atoms with E-state index in [2.05, 4.69) is 6.07 Å². The van der Waals surface area contributed by atoms with E-state index in [4.69, 9.17) is 14.0 Å². The Balaban J connectivity index is 1.89. The lowest BCUT2D eigenvalue weighted by Gasteiger charge is -2.32. The molecular formula is C20H30BNO4. The van der Waals surface area contributed by atoms with Gasteiger partial charge in [-0.3, -0.25) is 4.90 Å². The Morgan fingerprint density at radius 1 is 1.19 bits per heavy atom. The summed E-state index contributed by atoms with van der Waals surface area (Å²) in [5.74, 6) is 0. The zero-order valence-electron chi connectivity index (χ0n) is 17.2. The smallest absolute Gasteiger partial charge is 0.444 e. The number of hydrogen-bond donors (Lipinski definition) is 0. The maximum Gasteiger partial charge on any atom is 0.495 e. The molecule has 0 spiro atoms. The third-order valence-electron chi connectivity index (χ3n) is 5.63. The van der Waals surface area contributed by atoms with Crippen molar-refractivity contribution < 1.29 is 18.8 Å². The maximum atomic E-state index is 12.6. The molecule has 1 aromatic carbocycles. The van der Waals surface area contributed by atoms with Crippen molar-refractivity contribution in [1.29, 1.82) is 0 Å². The average molecular weight is 359 g/mol. The summed E-state index contributed by atoms with van der Waals surface area (Å²) in [6, 6.07) is 6.07. The van der Waals surface area contributed by atoms with Crippen LogP contribution < -0.4 is 5.46 Å². The van der Waals surface area contributed by atoms with Crippen LogP contribution in [0.1, 0.15) is 72.6 Å². The summed E-state index contributed by atoms with van der Waals surface area (Å²) in [5.41, 5.74) is 1.93. The Morgan fingerprint density at radius 3 is 2.31 bits per heavy atom. The molecule has 0 saturated carbocycles. The zero-order chi connectivity index (χ0) is 19.5. The Kier molecular flexibility index (Phi) is 4.44. The summed E-state index contributed by atoms with van der Waals surface area (Å²) in [5, 5.41) is 0. The number of hydrogen-bond acceptors (Lipinski definition) is 4. The molecule has 0 aromatic heterocycles. The predicted molar refractivity (Wildman–Crippen MR) is 102 cm³/mol. The minimum absolute atomic E-state index is 0.0396. The molecule has 142 valence electrons. The standard InChI is InChI=1S/C20H30BNO4/c1-13-14-10-9-11-16(21-25-19(5,6)20(7,8)26-21)15(14)12-22(13)17(23)24-18(2,3)4/h9-11,13H,12H2,1-8H3. The first kappa shape index (κ1) is 19.2. The number of carbonyl (C=O) groups excluding carboxylic acids is 1. The van der Waals surface area contributed by atoms with Gasteiger partial charge >= 0.3 is 13.2 Å². The van der Waals surface area contributed by atoms with Crippen LogP contribution in [-0.2, 0) is 20.6 Å². The van der Waals surface area contributed by atoms with Crippen LogP contribution in [0, 0.1) is 0 Å². The molecule has 0 aliphatic carbocycles. The molecule has 1 amide bonds. The lowest BCUT2D eigenvalue weighted by Crippen LogP contribution is -2.41. The molecule has 3 rings (SSSR count). The van der Waals surface area contributed by atoms with Crippen LogP contribution in [0.4, 0.5) is 4.79 Å². The van der Waals surface area contributed by atoms with Gasteiger partial charge in [0.05, 0.1) is 17.2 Å². The van der Waals surface area contributed by atoms with Gasteiger partial charge in [0.2, 0.25) is 0 Å². The quantitative estimate of drug-likeness (QED) is 0.716. The second kappa shape index (κ2) is 5.99. The fourth-order valence-electron chi connectivity index (χ4n) is 3.41. The zero-order valence-corrected chi connectivity index (χ0v) is 17.2. The third-order valence-corrected chi connectivity index (χ3v) is 5.63. The molecule has 0 radical (unpaired) electrons. The molecule has 5 nitrogen and oxygen atoms in total. The van der Waals surface area contributed by atoms with Crippen LogP contribution in [0.25, 0.3) is 0 Å². The van der Waals surface area contributed by atoms with Crippen molar-refractivity contribution in [3.8, 4) is 0 Å². The Morgan fingerprint density at radius 2 is 1.77 bits per heavy atom. The van der Waals surface area contributed by atoms with Gasteiger partial charge in [-0.1, -0.05) is 18.2 Å². The second-order valence-corrected chi connectivity index (χ2v) is 9.29. The number of amides is 1. The Bertz CT molecular complexity index is 707. The molecule has 1 unspecified atom stereocenters. The van der Waals surface area contributed by atoms with Crippen molar-refractivity contribution in [3.05, 3.63) is 29.3 Å². The summed E-state index contributed by atoms with van der Waals surface area (Å²) in [6.07, 6.45) is -0.291. The SMILES string of the molecule is CC1c2cccc(B3OC(C)(C)C(C)(C)O3)c2CN1C(=O)OC(C)(C)C. The van der Waals surface area contributed by atoms with Crippen molar-refractivity contribution in [3.63, 3.8) is 0 Å². The van der Waals surface area contributed by atoms with E-state index in [1.165, 1.54) is 0 Å². The molecule has 1 atom stereocenters. The number of ether oxygens (including phenoxy) is 1. The summed E-state index contributed by atoms with van der Waals surface area (Å²) >= 11 is 0. The van der Waals surface area contributed by atoms with Crippen molar-refractivity contribution in [1.82, 2.24) is 4.90 Å². The Labute approximate surface area is 157 Å². The van der Waals surface area contributed by atoms with Gasteiger partial charge in [-0.05, 0) is 72.0 Å². The van der Waals surface area contributed by atoms with E-state index in [9.17, 15) is 4.79 Å². The molecular weight excluding hydrogens is 329 g/mol. The third kappa shape index (κ3) is 3.25. The van der Waals surface area contributed by atoms with Crippen LogP contribution in [0.2, 0.25) is 0 Å². The van der Waals surface area contributed by atoms with Crippen molar-refractivity contribution in [2.24, 2.45) is 0 Å². The minimum atomic E-state index is -0.514. The van der Waals surface area contributed by atoms with E-state index >= 15 is 0 Å². The predicted octanol–water partition coefficient (Wildman–Crippen LogP) is 3.80. The molecule has 0 N–H and O–H groups in total. The monoisotopic (exact) mass is 359 g/mol. The highest BCUT2D eigenvalue weighted by Crippen LogP contribution is 2.39. The molecule has 6 heteroatoms. The molecule has 1 aromatic rings. The van der Waals surface area contributed by atoms with E-state index in [1.54, 1.807) is 4.90 Å². The fraction of sp³-hybridized carbons (Fsp3) is 0.650. The summed E-state index contributed by atoms with van der Waals surface area (Å²) in [6.45, 7) is 16.4. The highest BCUT2D eigenvalue weighted by Gasteiger charge is 2.53. The number of benzene rings is 1. The van der Waals surface area contributed by atoms with Gasteiger partial charge in [-0.25, -0.2) is 4.79 Å². The highest BCUT2D eigenvalue weighted by atomic mass is 16.7. The largest absolute Gasteiger partial charge is 0.495 e. The number of rotatable bonds is 1. The van der Waals surface area contributed by atoms with Crippen molar-refractivity contribution >= 4 is 18.7 Å². The van der Waals surface area contributed by atoms with Gasteiger partial charge in [-0.15, -0.1) is 0 Å².